The molecule has 0 aromatic heterocycles. The third-order valence-corrected chi connectivity index (χ3v) is 3.35. The highest BCUT2D eigenvalue weighted by atomic mass is 32.2. The maximum absolute atomic E-state index is 12.1. The summed E-state index contributed by atoms with van der Waals surface area (Å²) >= 11 is 1.61. The van der Waals surface area contributed by atoms with Crippen LogP contribution in [0.3, 0.4) is 0 Å². The lowest BCUT2D eigenvalue weighted by atomic mass is 10.2. The summed E-state index contributed by atoms with van der Waals surface area (Å²) in [6.07, 6.45) is 1.95. The molecule has 0 atom stereocenters. The van der Waals surface area contributed by atoms with Gasteiger partial charge in [0.25, 0.3) is 5.91 Å². The van der Waals surface area contributed by atoms with Gasteiger partial charge in [0.1, 0.15) is 0 Å². The van der Waals surface area contributed by atoms with E-state index >= 15 is 0 Å². The highest BCUT2D eigenvalue weighted by molar-refractivity contribution is 7.98. The molecule has 1 aromatic rings. The maximum atomic E-state index is 12.1. The SMILES string of the molecule is CCN(CCC(=O)O)C(=O)c1ccc(SC)cc1. The van der Waals surface area contributed by atoms with Gasteiger partial charge in [-0.05, 0) is 37.4 Å². The quantitative estimate of drug-likeness (QED) is 0.804. The first kappa shape index (κ1) is 14.6. The molecule has 0 saturated carbocycles. The number of rotatable bonds is 6. The fourth-order valence-electron chi connectivity index (χ4n) is 1.55. The van der Waals surface area contributed by atoms with E-state index < -0.39 is 5.97 Å². The van der Waals surface area contributed by atoms with Crippen LogP contribution in [0.15, 0.2) is 29.2 Å². The predicted molar refractivity (Wildman–Crippen MR) is 72.1 cm³/mol. The average Bonchev–Trinajstić information content (AvgIpc) is 2.39. The normalized spacial score (nSPS) is 10.1. The van der Waals surface area contributed by atoms with Crippen molar-refractivity contribution in [1.82, 2.24) is 4.90 Å². The first-order valence-electron chi connectivity index (χ1n) is 5.73. The van der Waals surface area contributed by atoms with Crippen molar-refractivity contribution >= 4 is 23.6 Å². The van der Waals surface area contributed by atoms with Crippen molar-refractivity contribution in [1.29, 1.82) is 0 Å². The van der Waals surface area contributed by atoms with Crippen LogP contribution < -0.4 is 0 Å². The van der Waals surface area contributed by atoms with Gasteiger partial charge in [-0.15, -0.1) is 11.8 Å². The number of benzene rings is 1. The van der Waals surface area contributed by atoms with Crippen molar-refractivity contribution < 1.29 is 14.7 Å². The van der Waals surface area contributed by atoms with Gasteiger partial charge in [-0.25, -0.2) is 0 Å². The first-order valence-corrected chi connectivity index (χ1v) is 6.96. The molecule has 1 aromatic carbocycles. The van der Waals surface area contributed by atoms with E-state index in [1.807, 2.05) is 25.3 Å². The summed E-state index contributed by atoms with van der Waals surface area (Å²) in [5.41, 5.74) is 0.597. The van der Waals surface area contributed by atoms with E-state index in [2.05, 4.69) is 0 Å². The lowest BCUT2D eigenvalue weighted by molar-refractivity contribution is -0.137. The first-order chi connectivity index (χ1) is 8.58. The van der Waals surface area contributed by atoms with Gasteiger partial charge in [0.2, 0.25) is 0 Å². The van der Waals surface area contributed by atoms with Crippen LogP contribution in [-0.4, -0.2) is 41.2 Å². The lowest BCUT2D eigenvalue weighted by Crippen LogP contribution is -2.32. The Bertz CT molecular complexity index is 417. The Morgan fingerprint density at radius 2 is 1.89 bits per heavy atom. The Kier molecular flexibility index (Phi) is 5.71. The predicted octanol–water partition coefficient (Wildman–Crippen LogP) is 2.35. The number of aliphatic carboxylic acids is 1. The molecule has 0 aliphatic rings. The summed E-state index contributed by atoms with van der Waals surface area (Å²) < 4.78 is 0. The molecule has 1 rings (SSSR count). The number of carboxylic acid groups (broad SMARTS) is 1. The number of hydrogen-bond acceptors (Lipinski definition) is 3. The van der Waals surface area contributed by atoms with Gasteiger partial charge in [-0.3, -0.25) is 9.59 Å². The van der Waals surface area contributed by atoms with Gasteiger partial charge in [0.05, 0.1) is 6.42 Å². The summed E-state index contributed by atoms with van der Waals surface area (Å²) in [4.78, 5) is 25.3. The second-order valence-corrected chi connectivity index (χ2v) is 4.64. The second kappa shape index (κ2) is 7.06. The largest absolute Gasteiger partial charge is 0.481 e. The third kappa shape index (κ3) is 4.07. The van der Waals surface area contributed by atoms with Gasteiger partial charge in [0, 0.05) is 23.5 Å². The number of nitrogens with zero attached hydrogens (tertiary/aromatic N) is 1. The van der Waals surface area contributed by atoms with Gasteiger partial charge in [0.15, 0.2) is 0 Å². The molecule has 0 saturated heterocycles. The van der Waals surface area contributed by atoms with E-state index in [1.54, 1.807) is 28.8 Å². The summed E-state index contributed by atoms with van der Waals surface area (Å²) in [7, 11) is 0. The van der Waals surface area contributed by atoms with Crippen LogP contribution in [0.4, 0.5) is 0 Å². The van der Waals surface area contributed by atoms with Crippen molar-refractivity contribution in [3.8, 4) is 0 Å². The van der Waals surface area contributed by atoms with Gasteiger partial charge < -0.3 is 10.0 Å². The number of carbonyl (C=O) groups excluding carboxylic acids is 1. The van der Waals surface area contributed by atoms with Crippen LogP contribution in [-0.2, 0) is 4.79 Å². The molecule has 0 heterocycles. The van der Waals surface area contributed by atoms with Gasteiger partial charge >= 0.3 is 5.97 Å². The van der Waals surface area contributed by atoms with Crippen molar-refractivity contribution in [2.75, 3.05) is 19.3 Å². The van der Waals surface area contributed by atoms with E-state index in [4.69, 9.17) is 5.11 Å². The zero-order valence-electron chi connectivity index (χ0n) is 10.5. The number of amides is 1. The summed E-state index contributed by atoms with van der Waals surface area (Å²) in [6, 6.07) is 7.33. The van der Waals surface area contributed by atoms with Crippen LogP contribution in [0.2, 0.25) is 0 Å². The number of thioether (sulfide) groups is 1. The highest BCUT2D eigenvalue weighted by Crippen LogP contribution is 2.16. The van der Waals surface area contributed by atoms with Crippen LogP contribution in [0, 0.1) is 0 Å². The molecule has 0 aliphatic heterocycles. The Labute approximate surface area is 111 Å². The van der Waals surface area contributed by atoms with Crippen LogP contribution >= 0.6 is 11.8 Å². The van der Waals surface area contributed by atoms with Crippen molar-refractivity contribution in [2.45, 2.75) is 18.2 Å². The molecular formula is C13H17NO3S. The number of carbonyl (C=O) groups is 2. The lowest BCUT2D eigenvalue weighted by Gasteiger charge is -2.20. The molecule has 1 N–H and O–H groups in total. The molecule has 98 valence electrons. The van der Waals surface area contributed by atoms with Crippen LogP contribution in [0.1, 0.15) is 23.7 Å². The van der Waals surface area contributed by atoms with Crippen molar-refractivity contribution in [2.24, 2.45) is 0 Å². The molecule has 18 heavy (non-hydrogen) atoms. The molecule has 0 radical (unpaired) electrons. The second-order valence-electron chi connectivity index (χ2n) is 3.76. The molecule has 4 nitrogen and oxygen atoms in total. The van der Waals surface area contributed by atoms with Crippen molar-refractivity contribution in [3.63, 3.8) is 0 Å². The van der Waals surface area contributed by atoms with E-state index in [9.17, 15) is 9.59 Å². The topological polar surface area (TPSA) is 57.6 Å². The summed E-state index contributed by atoms with van der Waals surface area (Å²) in [6.45, 7) is 2.60. The van der Waals surface area contributed by atoms with E-state index in [0.29, 0.717) is 12.1 Å². The summed E-state index contributed by atoms with van der Waals surface area (Å²) in [5.74, 6) is -1.01. The molecule has 0 fully saturated rings. The van der Waals surface area contributed by atoms with E-state index in [1.165, 1.54) is 0 Å². The fraction of sp³-hybridized carbons (Fsp3) is 0.385. The standard InChI is InChI=1S/C13H17NO3S/c1-3-14(9-8-12(15)16)13(17)10-4-6-11(18-2)7-5-10/h4-7H,3,8-9H2,1-2H3,(H,15,16). The minimum Gasteiger partial charge on any atom is -0.481 e. The molecule has 0 bridgehead atoms. The molecule has 0 unspecified atom stereocenters. The Morgan fingerprint density at radius 3 is 2.33 bits per heavy atom. The zero-order valence-corrected chi connectivity index (χ0v) is 11.4. The van der Waals surface area contributed by atoms with Crippen LogP contribution in [0.5, 0.6) is 0 Å². The van der Waals surface area contributed by atoms with E-state index in [-0.39, 0.29) is 18.9 Å². The Hall–Kier alpha value is -1.49. The number of hydrogen-bond donors (Lipinski definition) is 1. The molecule has 5 heteroatoms. The molecule has 0 aliphatic carbocycles. The minimum atomic E-state index is -0.890. The summed E-state index contributed by atoms with van der Waals surface area (Å²) in [5, 5.41) is 8.64. The molecule has 1 amide bonds. The Balaban J connectivity index is 2.72. The van der Waals surface area contributed by atoms with Crippen LogP contribution in [0.25, 0.3) is 0 Å². The minimum absolute atomic E-state index is 0.0253. The highest BCUT2D eigenvalue weighted by Gasteiger charge is 2.14. The van der Waals surface area contributed by atoms with Gasteiger partial charge in [-0.1, -0.05) is 0 Å². The fourth-order valence-corrected chi connectivity index (χ4v) is 1.96. The Morgan fingerprint density at radius 1 is 1.28 bits per heavy atom. The molecular weight excluding hydrogens is 250 g/mol. The number of carboxylic acids is 1. The van der Waals surface area contributed by atoms with Crippen molar-refractivity contribution in [3.05, 3.63) is 29.8 Å². The zero-order chi connectivity index (χ0) is 13.5. The van der Waals surface area contributed by atoms with E-state index in [0.717, 1.165) is 4.90 Å². The van der Waals surface area contributed by atoms with Gasteiger partial charge in [-0.2, -0.15) is 0 Å². The third-order valence-electron chi connectivity index (χ3n) is 2.60. The average molecular weight is 267 g/mol. The monoisotopic (exact) mass is 267 g/mol. The maximum Gasteiger partial charge on any atom is 0.305 e. The molecule has 0 spiro atoms. The smallest absolute Gasteiger partial charge is 0.305 e.